The third-order valence-electron chi connectivity index (χ3n) is 3.99. The molecule has 7 heteroatoms. The third-order valence-corrected chi connectivity index (χ3v) is 3.99. The molecule has 0 aliphatic heterocycles. The largest absolute Gasteiger partial charge is 0.478 e. The fraction of sp³-hybridized carbons (Fsp3) is 0.167. The molecule has 3 aromatic rings. The standard InChI is InChI=1S/C18H15F3N2O2/c1-22(2)16-9-12-7-8-23(15(12)10-14(16)18(19,20)21)13-5-3-11(4-6-13)17(24)25/h3-10H,1-2H3,(H,24,25). The Morgan fingerprint density at radius 2 is 1.72 bits per heavy atom. The summed E-state index contributed by atoms with van der Waals surface area (Å²) >= 11 is 0. The normalized spacial score (nSPS) is 11.7. The first-order valence-corrected chi connectivity index (χ1v) is 7.42. The summed E-state index contributed by atoms with van der Waals surface area (Å²) in [6.07, 6.45) is -2.81. The second-order valence-corrected chi connectivity index (χ2v) is 5.86. The summed E-state index contributed by atoms with van der Waals surface area (Å²) in [5.74, 6) is -1.06. The zero-order chi connectivity index (χ0) is 18.4. The minimum absolute atomic E-state index is 0.0963. The number of rotatable bonds is 3. The van der Waals surface area contributed by atoms with Crippen molar-refractivity contribution in [2.75, 3.05) is 19.0 Å². The van der Waals surface area contributed by atoms with Crippen LogP contribution in [0.4, 0.5) is 18.9 Å². The van der Waals surface area contributed by atoms with Gasteiger partial charge in [-0.15, -0.1) is 0 Å². The minimum Gasteiger partial charge on any atom is -0.478 e. The molecule has 2 aromatic carbocycles. The van der Waals surface area contributed by atoms with Crippen molar-refractivity contribution < 1.29 is 23.1 Å². The highest BCUT2D eigenvalue weighted by molar-refractivity contribution is 5.89. The second-order valence-electron chi connectivity index (χ2n) is 5.86. The number of carboxylic acids is 1. The van der Waals surface area contributed by atoms with E-state index in [4.69, 9.17) is 5.11 Å². The van der Waals surface area contributed by atoms with Crippen molar-refractivity contribution in [3.05, 3.63) is 59.8 Å². The molecule has 0 atom stereocenters. The van der Waals surface area contributed by atoms with Gasteiger partial charge in [-0.25, -0.2) is 4.79 Å². The van der Waals surface area contributed by atoms with Crippen molar-refractivity contribution in [1.82, 2.24) is 4.57 Å². The molecule has 1 heterocycles. The quantitative estimate of drug-likeness (QED) is 0.762. The fourth-order valence-electron chi connectivity index (χ4n) is 2.76. The van der Waals surface area contributed by atoms with Gasteiger partial charge in [-0.1, -0.05) is 0 Å². The third kappa shape index (κ3) is 3.05. The van der Waals surface area contributed by atoms with Crippen LogP contribution in [0.25, 0.3) is 16.6 Å². The Balaban J connectivity index is 2.19. The Morgan fingerprint density at radius 3 is 2.24 bits per heavy atom. The predicted molar refractivity (Wildman–Crippen MR) is 89.6 cm³/mol. The van der Waals surface area contributed by atoms with E-state index in [1.165, 1.54) is 23.1 Å². The van der Waals surface area contributed by atoms with Gasteiger partial charge in [0.2, 0.25) is 0 Å². The lowest BCUT2D eigenvalue weighted by molar-refractivity contribution is -0.137. The van der Waals surface area contributed by atoms with Crippen molar-refractivity contribution in [3.8, 4) is 5.69 Å². The maximum atomic E-state index is 13.4. The van der Waals surface area contributed by atoms with E-state index in [1.54, 1.807) is 43.1 Å². The molecule has 0 saturated heterocycles. The molecule has 0 bridgehead atoms. The molecular formula is C18H15F3N2O2. The average molecular weight is 348 g/mol. The summed E-state index contributed by atoms with van der Waals surface area (Å²) in [7, 11) is 3.13. The van der Waals surface area contributed by atoms with Crippen LogP contribution in [-0.2, 0) is 6.18 Å². The van der Waals surface area contributed by atoms with Gasteiger partial charge in [-0.05, 0) is 42.5 Å². The van der Waals surface area contributed by atoms with Gasteiger partial charge < -0.3 is 14.6 Å². The van der Waals surface area contributed by atoms with Crippen LogP contribution >= 0.6 is 0 Å². The molecule has 130 valence electrons. The Hall–Kier alpha value is -2.96. The number of halogens is 3. The monoisotopic (exact) mass is 348 g/mol. The summed E-state index contributed by atoms with van der Waals surface area (Å²) in [6.45, 7) is 0. The molecule has 25 heavy (non-hydrogen) atoms. The lowest BCUT2D eigenvalue weighted by Gasteiger charge is -2.20. The highest BCUT2D eigenvalue weighted by atomic mass is 19.4. The molecule has 0 radical (unpaired) electrons. The van der Waals surface area contributed by atoms with Crippen molar-refractivity contribution >= 4 is 22.6 Å². The first-order valence-electron chi connectivity index (χ1n) is 7.42. The van der Waals surface area contributed by atoms with E-state index in [0.717, 1.165) is 6.07 Å². The minimum atomic E-state index is -4.48. The zero-order valence-electron chi connectivity index (χ0n) is 13.5. The molecule has 4 nitrogen and oxygen atoms in total. The van der Waals surface area contributed by atoms with Gasteiger partial charge >= 0.3 is 12.1 Å². The van der Waals surface area contributed by atoms with Gasteiger partial charge in [-0.2, -0.15) is 13.2 Å². The summed E-state index contributed by atoms with van der Waals surface area (Å²) in [6, 6.07) is 10.3. The van der Waals surface area contributed by atoms with E-state index in [-0.39, 0.29) is 11.3 Å². The molecule has 1 N–H and O–H groups in total. The number of hydrogen-bond acceptors (Lipinski definition) is 2. The molecule has 0 spiro atoms. The number of carboxylic acid groups (broad SMARTS) is 1. The number of anilines is 1. The highest BCUT2D eigenvalue weighted by Gasteiger charge is 2.34. The molecule has 0 amide bonds. The Kier molecular flexibility index (Phi) is 3.94. The summed E-state index contributed by atoms with van der Waals surface area (Å²) in [4.78, 5) is 12.4. The Labute approximate surface area is 141 Å². The summed E-state index contributed by atoms with van der Waals surface area (Å²) in [5.41, 5.74) is 0.490. The van der Waals surface area contributed by atoms with Crippen LogP contribution in [0.2, 0.25) is 0 Å². The lowest BCUT2D eigenvalue weighted by atomic mass is 10.1. The molecule has 0 aliphatic rings. The van der Waals surface area contributed by atoms with Crippen molar-refractivity contribution in [2.24, 2.45) is 0 Å². The Morgan fingerprint density at radius 1 is 1.08 bits per heavy atom. The lowest BCUT2D eigenvalue weighted by Crippen LogP contribution is -2.16. The van der Waals surface area contributed by atoms with Gasteiger partial charge in [0, 0.05) is 37.1 Å². The van der Waals surface area contributed by atoms with E-state index in [2.05, 4.69) is 0 Å². The van der Waals surface area contributed by atoms with E-state index in [1.807, 2.05) is 0 Å². The number of fused-ring (bicyclic) bond motifs is 1. The number of hydrogen-bond donors (Lipinski definition) is 1. The van der Waals surface area contributed by atoms with E-state index < -0.39 is 17.7 Å². The zero-order valence-corrected chi connectivity index (χ0v) is 13.5. The number of nitrogens with zero attached hydrogens (tertiary/aromatic N) is 2. The summed E-state index contributed by atoms with van der Waals surface area (Å²) in [5, 5.41) is 9.62. The van der Waals surface area contributed by atoms with Crippen LogP contribution in [0.3, 0.4) is 0 Å². The first kappa shape index (κ1) is 16.9. The first-order chi connectivity index (χ1) is 11.7. The predicted octanol–water partition coefficient (Wildman–Crippen LogP) is 4.41. The highest BCUT2D eigenvalue weighted by Crippen LogP contribution is 2.39. The number of aromatic nitrogens is 1. The molecule has 0 unspecified atom stereocenters. The van der Waals surface area contributed by atoms with Crippen molar-refractivity contribution in [2.45, 2.75) is 6.18 Å². The fourth-order valence-corrected chi connectivity index (χ4v) is 2.76. The molecule has 0 saturated carbocycles. The molecule has 0 aliphatic carbocycles. The average Bonchev–Trinajstić information content (AvgIpc) is 2.95. The summed E-state index contributed by atoms with van der Waals surface area (Å²) < 4.78 is 41.9. The van der Waals surface area contributed by atoms with Crippen LogP contribution in [0.15, 0.2) is 48.7 Å². The van der Waals surface area contributed by atoms with Gasteiger partial charge in [0.25, 0.3) is 0 Å². The number of alkyl halides is 3. The topological polar surface area (TPSA) is 45.5 Å². The maximum Gasteiger partial charge on any atom is 0.418 e. The molecule has 1 aromatic heterocycles. The van der Waals surface area contributed by atoms with Gasteiger partial charge in [0.05, 0.1) is 16.6 Å². The van der Waals surface area contributed by atoms with Crippen molar-refractivity contribution in [3.63, 3.8) is 0 Å². The van der Waals surface area contributed by atoms with Crippen LogP contribution in [-0.4, -0.2) is 29.7 Å². The van der Waals surface area contributed by atoms with Gasteiger partial charge in [0.1, 0.15) is 0 Å². The smallest absolute Gasteiger partial charge is 0.418 e. The number of aromatic carboxylic acids is 1. The van der Waals surface area contributed by atoms with Gasteiger partial charge in [-0.3, -0.25) is 0 Å². The molecule has 3 rings (SSSR count). The maximum absolute atomic E-state index is 13.4. The van der Waals surface area contributed by atoms with E-state index in [9.17, 15) is 18.0 Å². The molecular weight excluding hydrogens is 333 g/mol. The van der Waals surface area contributed by atoms with Gasteiger partial charge in [0.15, 0.2) is 0 Å². The van der Waals surface area contributed by atoms with Crippen LogP contribution in [0, 0.1) is 0 Å². The van der Waals surface area contributed by atoms with Crippen LogP contribution < -0.4 is 4.90 Å². The second kappa shape index (κ2) is 5.84. The van der Waals surface area contributed by atoms with E-state index in [0.29, 0.717) is 16.6 Å². The Bertz CT molecular complexity index is 941. The van der Waals surface area contributed by atoms with Crippen LogP contribution in [0.5, 0.6) is 0 Å². The van der Waals surface area contributed by atoms with Crippen molar-refractivity contribution in [1.29, 1.82) is 0 Å². The number of carbonyl (C=O) groups is 1. The van der Waals surface area contributed by atoms with Crippen LogP contribution in [0.1, 0.15) is 15.9 Å². The SMILES string of the molecule is CN(C)c1cc2ccn(-c3ccc(C(=O)O)cc3)c2cc1C(F)(F)F. The molecule has 0 fully saturated rings. The number of benzene rings is 2. The van der Waals surface area contributed by atoms with E-state index >= 15 is 0 Å².